The Morgan fingerprint density at radius 2 is 1.84 bits per heavy atom. The van der Waals surface area contributed by atoms with E-state index in [0.717, 1.165) is 29.4 Å². The van der Waals surface area contributed by atoms with Crippen LogP contribution in [0.1, 0.15) is 33.0 Å². The van der Waals surface area contributed by atoms with Crippen LogP contribution in [0, 0.1) is 11.3 Å². The third-order valence-electron chi connectivity index (χ3n) is 6.91. The Kier molecular flexibility index (Phi) is 8.29. The Labute approximate surface area is 216 Å². The van der Waals surface area contributed by atoms with E-state index in [2.05, 4.69) is 54.4 Å². The summed E-state index contributed by atoms with van der Waals surface area (Å²) in [6.45, 7) is 8.11. The van der Waals surface area contributed by atoms with Crippen LogP contribution < -0.4 is 10.2 Å². The molecule has 0 spiro atoms. The maximum Gasteiger partial charge on any atom is 0.262 e. The number of aliphatic hydroxyl groups is 2. The van der Waals surface area contributed by atoms with Crippen molar-refractivity contribution in [2.24, 2.45) is 0 Å². The van der Waals surface area contributed by atoms with E-state index >= 15 is 0 Å². The van der Waals surface area contributed by atoms with Crippen molar-refractivity contribution in [3.05, 3.63) is 59.9 Å². The molecule has 1 amide bonds. The van der Waals surface area contributed by atoms with Gasteiger partial charge < -0.3 is 29.6 Å². The number of hydrogen-bond donors (Lipinski definition) is 3. The monoisotopic (exact) mass is 503 g/mol. The molecule has 194 valence electrons. The van der Waals surface area contributed by atoms with Crippen LogP contribution in [0.5, 0.6) is 0 Å². The largest absolute Gasteiger partial charge is 0.456 e. The second-order valence-electron chi connectivity index (χ2n) is 9.16. The minimum Gasteiger partial charge on any atom is -0.456 e. The number of nitrogens with one attached hydrogen (secondary N) is 1. The van der Waals surface area contributed by atoms with Gasteiger partial charge in [-0.3, -0.25) is 4.79 Å². The van der Waals surface area contributed by atoms with Gasteiger partial charge in [-0.05, 0) is 68.3 Å². The van der Waals surface area contributed by atoms with E-state index in [0.29, 0.717) is 30.1 Å². The molecule has 1 saturated heterocycles. The van der Waals surface area contributed by atoms with Gasteiger partial charge in [0.15, 0.2) is 0 Å². The average molecular weight is 504 g/mol. The van der Waals surface area contributed by atoms with Crippen molar-refractivity contribution in [2.75, 3.05) is 31.1 Å². The number of allylic oxidation sites excluding steroid dienone is 1. The van der Waals surface area contributed by atoms with Crippen molar-refractivity contribution in [3.63, 3.8) is 0 Å². The number of nitrogens with zero attached hydrogens (tertiary/aromatic N) is 2. The fourth-order valence-corrected chi connectivity index (χ4v) is 4.61. The van der Waals surface area contributed by atoms with Gasteiger partial charge in [0.05, 0.1) is 6.10 Å². The number of nitriles is 1. The fraction of sp³-hybridized carbons (Fsp3) is 0.379. The van der Waals surface area contributed by atoms with Crippen LogP contribution in [0.25, 0.3) is 27.7 Å². The lowest BCUT2D eigenvalue weighted by molar-refractivity contribution is -0.136. The molecule has 0 saturated carbocycles. The maximum absolute atomic E-state index is 12.7. The summed E-state index contributed by atoms with van der Waals surface area (Å²) in [6.07, 6.45) is -2.39. The third kappa shape index (κ3) is 5.70. The second kappa shape index (κ2) is 11.6. The number of fused-ring (bicyclic) bond motifs is 1. The first-order chi connectivity index (χ1) is 17.9. The van der Waals surface area contributed by atoms with E-state index in [1.54, 1.807) is 13.0 Å². The third-order valence-corrected chi connectivity index (χ3v) is 6.91. The van der Waals surface area contributed by atoms with Gasteiger partial charge in [-0.25, -0.2) is 0 Å². The molecule has 1 aliphatic rings. The molecule has 3 aromatic rings. The first-order valence-corrected chi connectivity index (χ1v) is 12.6. The van der Waals surface area contributed by atoms with E-state index in [-0.39, 0.29) is 12.1 Å². The van der Waals surface area contributed by atoms with E-state index in [1.165, 1.54) is 5.69 Å². The quantitative estimate of drug-likeness (QED) is 0.315. The van der Waals surface area contributed by atoms with Crippen molar-refractivity contribution in [3.8, 4) is 17.4 Å². The zero-order valence-electron chi connectivity index (χ0n) is 21.4. The zero-order valence-corrected chi connectivity index (χ0v) is 21.4. The van der Waals surface area contributed by atoms with Crippen molar-refractivity contribution in [2.45, 2.75) is 45.5 Å². The summed E-state index contributed by atoms with van der Waals surface area (Å²) in [7, 11) is 0. The van der Waals surface area contributed by atoms with Gasteiger partial charge in [0.2, 0.25) is 0 Å². The summed E-state index contributed by atoms with van der Waals surface area (Å²) in [5.74, 6) is 0.459. The van der Waals surface area contributed by atoms with Crippen molar-refractivity contribution < 1.29 is 24.2 Å². The second-order valence-corrected chi connectivity index (χ2v) is 9.16. The SMILES string of the molecule is CCN(CC)c1ccc2cc(-c3ccc(/C(C)=C(\C#N)C(=O)NC[C@H]4OCC[C@@H](O)[C@@H]4O)o3)ccc2c1. The van der Waals surface area contributed by atoms with Gasteiger partial charge in [-0.2, -0.15) is 5.26 Å². The minimum atomic E-state index is -1.09. The number of amides is 1. The lowest BCUT2D eigenvalue weighted by Gasteiger charge is -2.32. The van der Waals surface area contributed by atoms with E-state index < -0.39 is 24.2 Å². The van der Waals surface area contributed by atoms with E-state index in [9.17, 15) is 20.3 Å². The molecule has 1 aliphatic heterocycles. The molecule has 1 aromatic heterocycles. The van der Waals surface area contributed by atoms with Gasteiger partial charge in [0.1, 0.15) is 35.4 Å². The van der Waals surface area contributed by atoms with E-state index in [4.69, 9.17) is 9.15 Å². The number of rotatable bonds is 8. The molecule has 3 N–H and O–H groups in total. The first-order valence-electron chi connectivity index (χ1n) is 12.6. The highest BCUT2D eigenvalue weighted by molar-refractivity contribution is 6.04. The van der Waals surface area contributed by atoms with Gasteiger partial charge >= 0.3 is 0 Å². The maximum atomic E-state index is 12.7. The van der Waals surface area contributed by atoms with Crippen LogP contribution in [0.3, 0.4) is 0 Å². The number of benzene rings is 2. The first kappa shape index (κ1) is 26.4. The summed E-state index contributed by atoms with van der Waals surface area (Å²) in [4.78, 5) is 15.0. The van der Waals surface area contributed by atoms with E-state index in [1.807, 2.05) is 18.2 Å². The molecule has 0 radical (unpaired) electrons. The highest BCUT2D eigenvalue weighted by atomic mass is 16.5. The molecular formula is C29H33N3O5. The Morgan fingerprint density at radius 1 is 1.11 bits per heavy atom. The van der Waals surface area contributed by atoms with Gasteiger partial charge in [-0.1, -0.05) is 18.2 Å². The lowest BCUT2D eigenvalue weighted by atomic mass is 10.0. The van der Waals surface area contributed by atoms with Crippen LogP contribution in [0.2, 0.25) is 0 Å². The predicted octanol–water partition coefficient (Wildman–Crippen LogP) is 3.87. The Morgan fingerprint density at radius 3 is 2.57 bits per heavy atom. The molecule has 2 heterocycles. The molecule has 1 fully saturated rings. The molecule has 4 rings (SSSR count). The highest BCUT2D eigenvalue weighted by Crippen LogP contribution is 2.31. The Hall–Kier alpha value is -3.64. The number of carbonyl (C=O) groups is 1. The molecule has 37 heavy (non-hydrogen) atoms. The van der Waals surface area contributed by atoms with Crippen LogP contribution in [0.4, 0.5) is 5.69 Å². The van der Waals surface area contributed by atoms with Gasteiger partial charge in [0, 0.05) is 43.1 Å². The molecule has 0 aliphatic carbocycles. The zero-order chi connectivity index (χ0) is 26.5. The van der Waals surface area contributed by atoms with Gasteiger partial charge in [0.25, 0.3) is 5.91 Å². The summed E-state index contributed by atoms with van der Waals surface area (Å²) in [5, 5.41) is 34.4. The minimum absolute atomic E-state index is 0.0218. The van der Waals surface area contributed by atoms with Crippen LogP contribution in [-0.4, -0.2) is 60.7 Å². The predicted molar refractivity (Wildman–Crippen MR) is 143 cm³/mol. The molecule has 0 bridgehead atoms. The Bertz CT molecular complexity index is 1330. The van der Waals surface area contributed by atoms with Crippen molar-refractivity contribution >= 4 is 27.9 Å². The summed E-state index contributed by atoms with van der Waals surface area (Å²) in [5.41, 5.74) is 2.40. The summed E-state index contributed by atoms with van der Waals surface area (Å²) < 4.78 is 11.5. The molecule has 8 nitrogen and oxygen atoms in total. The standard InChI is InChI=1S/C29H33N3O5/c1-4-32(5-2)22-9-8-19-14-21(7-6-20(19)15-22)26-11-10-25(37-26)18(3)23(16-30)29(35)31-17-27-28(34)24(33)12-13-36-27/h6-11,14-15,24,27-28,33-34H,4-5,12-13,17H2,1-3H3,(H,31,35)/b23-18+/t24-,27-,28+/m1/s1. The molecular weight excluding hydrogens is 470 g/mol. The average Bonchev–Trinajstić information content (AvgIpc) is 3.41. The fourth-order valence-electron chi connectivity index (χ4n) is 4.61. The highest BCUT2D eigenvalue weighted by Gasteiger charge is 2.32. The van der Waals surface area contributed by atoms with Crippen molar-refractivity contribution in [1.29, 1.82) is 5.26 Å². The number of hydrogen-bond acceptors (Lipinski definition) is 7. The molecule has 8 heteroatoms. The number of aliphatic hydroxyl groups excluding tert-OH is 2. The normalized spacial score (nSPS) is 20.3. The molecule has 2 aromatic carbocycles. The van der Waals surface area contributed by atoms with Crippen LogP contribution >= 0.6 is 0 Å². The summed E-state index contributed by atoms with van der Waals surface area (Å²) in [6, 6.07) is 18.1. The Balaban J connectivity index is 1.51. The molecule has 3 atom stereocenters. The topological polar surface area (TPSA) is 119 Å². The van der Waals surface area contributed by atoms with Crippen LogP contribution in [-0.2, 0) is 9.53 Å². The number of carbonyl (C=O) groups excluding carboxylic acids is 1. The lowest BCUT2D eigenvalue weighted by Crippen LogP contribution is -2.50. The number of anilines is 1. The number of furan rings is 1. The number of ether oxygens (including phenoxy) is 1. The summed E-state index contributed by atoms with van der Waals surface area (Å²) >= 11 is 0. The van der Waals surface area contributed by atoms with Crippen molar-refractivity contribution in [1.82, 2.24) is 5.32 Å². The smallest absolute Gasteiger partial charge is 0.262 e. The van der Waals surface area contributed by atoms with Crippen LogP contribution in [0.15, 0.2) is 58.5 Å². The van der Waals surface area contributed by atoms with Gasteiger partial charge in [-0.15, -0.1) is 0 Å². The molecule has 0 unspecified atom stereocenters.